The predicted octanol–water partition coefficient (Wildman–Crippen LogP) is 5.41. The lowest BCUT2D eigenvalue weighted by Gasteiger charge is -2.35. The van der Waals surface area contributed by atoms with E-state index < -0.39 is 5.60 Å². The van der Waals surface area contributed by atoms with Gasteiger partial charge in [0.15, 0.2) is 0 Å². The maximum Gasteiger partial charge on any atom is 0.256 e. The van der Waals surface area contributed by atoms with Gasteiger partial charge in [-0.3, -0.25) is 4.79 Å². The minimum Gasteiger partial charge on any atom is -0.493 e. The predicted molar refractivity (Wildman–Crippen MR) is 107 cm³/mol. The molecule has 1 amide bonds. The van der Waals surface area contributed by atoms with Crippen LogP contribution in [0.25, 0.3) is 0 Å². The minimum atomic E-state index is -0.664. The Labute approximate surface area is 158 Å². The van der Waals surface area contributed by atoms with Crippen LogP contribution in [0.1, 0.15) is 70.4 Å². The van der Waals surface area contributed by atoms with Gasteiger partial charge in [-0.1, -0.05) is 40.0 Å². The number of carbonyl (C=O) groups excluding carboxylic acids is 1. The number of carbonyl (C=O) groups is 1. The molecule has 1 aliphatic rings. The summed E-state index contributed by atoms with van der Waals surface area (Å²) in [5.41, 5.74) is 2.26. The van der Waals surface area contributed by atoms with Gasteiger partial charge in [0.05, 0.1) is 6.61 Å². The molecule has 4 heteroatoms. The molecule has 1 N–H and O–H groups in total. The summed E-state index contributed by atoms with van der Waals surface area (Å²) in [6.45, 7) is 11.7. The number of nitrogens with one attached hydrogen (secondary N) is 1. The number of aryl methyl sites for hydroxylation is 2. The van der Waals surface area contributed by atoms with Crippen LogP contribution in [0.15, 0.2) is 12.1 Å². The van der Waals surface area contributed by atoms with Gasteiger partial charge < -0.3 is 14.8 Å². The van der Waals surface area contributed by atoms with Gasteiger partial charge in [0, 0.05) is 12.3 Å². The fourth-order valence-electron chi connectivity index (χ4n) is 3.60. The highest BCUT2D eigenvalue weighted by Gasteiger charge is 2.40. The fourth-order valence-corrected chi connectivity index (χ4v) is 3.60. The molecule has 0 radical (unpaired) electrons. The lowest BCUT2D eigenvalue weighted by atomic mass is 9.83. The number of rotatable bonds is 8. The summed E-state index contributed by atoms with van der Waals surface area (Å²) >= 11 is 0. The molecule has 2 rings (SSSR count). The summed E-state index contributed by atoms with van der Waals surface area (Å²) in [5.74, 6) is 1.40. The largest absolute Gasteiger partial charge is 0.493 e. The SMILES string of the molecule is CCCOC1(C(=O)Nc2cc(C)c(OCC(C)C)c(C)c2)CCCCC1. The molecule has 0 aromatic heterocycles. The van der Waals surface area contributed by atoms with Crippen LogP contribution in [-0.4, -0.2) is 24.7 Å². The first-order valence-corrected chi connectivity index (χ1v) is 10.1. The van der Waals surface area contributed by atoms with E-state index in [4.69, 9.17) is 9.47 Å². The van der Waals surface area contributed by atoms with Crippen LogP contribution in [0, 0.1) is 19.8 Å². The average molecular weight is 362 g/mol. The Hall–Kier alpha value is -1.55. The highest BCUT2D eigenvalue weighted by Crippen LogP contribution is 2.34. The number of hydrogen-bond acceptors (Lipinski definition) is 3. The molecule has 1 aromatic carbocycles. The minimum absolute atomic E-state index is 0.000277. The van der Waals surface area contributed by atoms with Crippen LogP contribution in [0.4, 0.5) is 5.69 Å². The van der Waals surface area contributed by atoms with Gasteiger partial charge >= 0.3 is 0 Å². The smallest absolute Gasteiger partial charge is 0.256 e. The van der Waals surface area contributed by atoms with Gasteiger partial charge in [0.2, 0.25) is 0 Å². The monoisotopic (exact) mass is 361 g/mol. The van der Waals surface area contributed by atoms with E-state index >= 15 is 0 Å². The number of ether oxygens (including phenoxy) is 2. The number of amides is 1. The summed E-state index contributed by atoms with van der Waals surface area (Å²) in [4.78, 5) is 13.1. The van der Waals surface area contributed by atoms with Gasteiger partial charge in [-0.05, 0) is 62.3 Å². The first-order valence-electron chi connectivity index (χ1n) is 10.1. The Morgan fingerprint density at radius 2 is 1.77 bits per heavy atom. The molecule has 0 unspecified atom stereocenters. The molecule has 1 fully saturated rings. The maximum absolute atomic E-state index is 13.1. The van der Waals surface area contributed by atoms with Crippen molar-refractivity contribution < 1.29 is 14.3 Å². The van der Waals surface area contributed by atoms with Crippen LogP contribution >= 0.6 is 0 Å². The molecule has 0 saturated heterocycles. The number of benzene rings is 1. The molecule has 1 aromatic rings. The van der Waals surface area contributed by atoms with E-state index in [9.17, 15) is 4.79 Å². The first kappa shape index (κ1) is 20.8. The molecule has 0 heterocycles. The Bertz CT molecular complexity index is 580. The molecule has 146 valence electrons. The van der Waals surface area contributed by atoms with E-state index in [2.05, 4.69) is 26.1 Å². The lowest BCUT2D eigenvalue weighted by Crippen LogP contribution is -2.47. The third kappa shape index (κ3) is 5.23. The van der Waals surface area contributed by atoms with Crippen LogP contribution < -0.4 is 10.1 Å². The van der Waals surface area contributed by atoms with Gasteiger partial charge in [0.25, 0.3) is 5.91 Å². The zero-order chi connectivity index (χ0) is 19.2. The van der Waals surface area contributed by atoms with E-state index in [0.29, 0.717) is 19.1 Å². The van der Waals surface area contributed by atoms with Crippen molar-refractivity contribution in [2.45, 2.75) is 78.7 Å². The van der Waals surface area contributed by atoms with Crippen molar-refractivity contribution in [2.24, 2.45) is 5.92 Å². The van der Waals surface area contributed by atoms with E-state index in [1.807, 2.05) is 26.0 Å². The first-order chi connectivity index (χ1) is 12.4. The zero-order valence-electron chi connectivity index (χ0n) is 17.1. The van der Waals surface area contributed by atoms with Crippen molar-refractivity contribution in [3.63, 3.8) is 0 Å². The quantitative estimate of drug-likeness (QED) is 0.674. The normalized spacial score (nSPS) is 16.5. The molecule has 0 bridgehead atoms. The molecule has 0 aliphatic heterocycles. The van der Waals surface area contributed by atoms with E-state index in [-0.39, 0.29) is 5.91 Å². The van der Waals surface area contributed by atoms with Crippen LogP contribution in [-0.2, 0) is 9.53 Å². The van der Waals surface area contributed by atoms with E-state index in [1.54, 1.807) is 0 Å². The molecular weight excluding hydrogens is 326 g/mol. The summed E-state index contributed by atoms with van der Waals surface area (Å²) in [6, 6.07) is 3.99. The van der Waals surface area contributed by atoms with Gasteiger partial charge in [-0.2, -0.15) is 0 Å². The second-order valence-corrected chi connectivity index (χ2v) is 8.00. The summed E-state index contributed by atoms with van der Waals surface area (Å²) in [6.07, 6.45) is 5.84. The molecular formula is C22H35NO3. The fraction of sp³-hybridized carbons (Fsp3) is 0.682. The molecule has 26 heavy (non-hydrogen) atoms. The second-order valence-electron chi connectivity index (χ2n) is 8.00. The Morgan fingerprint density at radius 1 is 1.15 bits per heavy atom. The van der Waals surface area contributed by atoms with Crippen molar-refractivity contribution in [1.29, 1.82) is 0 Å². The Balaban J connectivity index is 2.14. The summed E-state index contributed by atoms with van der Waals surface area (Å²) in [5, 5.41) is 3.12. The lowest BCUT2D eigenvalue weighted by molar-refractivity contribution is -0.146. The van der Waals surface area contributed by atoms with Crippen LogP contribution in [0.3, 0.4) is 0 Å². The van der Waals surface area contributed by atoms with Gasteiger partial charge in [0.1, 0.15) is 11.4 Å². The highest BCUT2D eigenvalue weighted by atomic mass is 16.5. The van der Waals surface area contributed by atoms with Crippen molar-refractivity contribution in [2.75, 3.05) is 18.5 Å². The Morgan fingerprint density at radius 3 is 2.31 bits per heavy atom. The molecule has 0 atom stereocenters. The van der Waals surface area contributed by atoms with E-state index in [0.717, 1.165) is 54.7 Å². The van der Waals surface area contributed by atoms with Gasteiger partial charge in [-0.25, -0.2) is 0 Å². The number of anilines is 1. The second kappa shape index (κ2) is 9.40. The average Bonchev–Trinajstić information content (AvgIpc) is 2.59. The summed E-state index contributed by atoms with van der Waals surface area (Å²) in [7, 11) is 0. The number of hydrogen-bond donors (Lipinski definition) is 1. The van der Waals surface area contributed by atoms with Crippen molar-refractivity contribution in [3.8, 4) is 5.75 Å². The van der Waals surface area contributed by atoms with Crippen molar-refractivity contribution >= 4 is 11.6 Å². The standard InChI is InChI=1S/C22H35NO3/c1-6-12-26-22(10-8-7-9-11-22)21(24)23-19-13-17(4)20(18(5)14-19)25-15-16(2)3/h13-14,16H,6-12,15H2,1-5H3,(H,23,24). The summed E-state index contributed by atoms with van der Waals surface area (Å²) < 4.78 is 12.0. The topological polar surface area (TPSA) is 47.6 Å². The molecule has 0 spiro atoms. The van der Waals surface area contributed by atoms with Crippen molar-refractivity contribution in [1.82, 2.24) is 0 Å². The third-order valence-corrected chi connectivity index (χ3v) is 4.94. The van der Waals surface area contributed by atoms with E-state index in [1.165, 1.54) is 6.42 Å². The molecule has 1 aliphatic carbocycles. The third-order valence-electron chi connectivity index (χ3n) is 4.94. The van der Waals surface area contributed by atoms with Crippen molar-refractivity contribution in [3.05, 3.63) is 23.3 Å². The maximum atomic E-state index is 13.1. The molecule has 4 nitrogen and oxygen atoms in total. The van der Waals surface area contributed by atoms with Crippen LogP contribution in [0.5, 0.6) is 5.75 Å². The van der Waals surface area contributed by atoms with Gasteiger partial charge in [-0.15, -0.1) is 0 Å². The zero-order valence-corrected chi connectivity index (χ0v) is 17.1. The van der Waals surface area contributed by atoms with Crippen LogP contribution in [0.2, 0.25) is 0 Å². The molecule has 1 saturated carbocycles. The Kier molecular flexibility index (Phi) is 7.51. The highest BCUT2D eigenvalue weighted by molar-refractivity contribution is 5.97.